The SMILES string of the molecule is CCNC(=NCC(C)Oc1ccccc1OC)N(C)Cc1cnn(C)c1. The molecule has 0 bridgehead atoms. The van der Waals surface area contributed by atoms with Crippen LogP contribution in [0.4, 0.5) is 0 Å². The number of nitrogens with zero attached hydrogens (tertiary/aromatic N) is 4. The van der Waals surface area contributed by atoms with Gasteiger partial charge in [0, 0.05) is 38.9 Å². The predicted molar refractivity (Wildman–Crippen MR) is 104 cm³/mol. The summed E-state index contributed by atoms with van der Waals surface area (Å²) in [5.41, 5.74) is 1.14. The van der Waals surface area contributed by atoms with E-state index in [1.54, 1.807) is 11.8 Å². The highest BCUT2D eigenvalue weighted by atomic mass is 16.5. The molecular formula is C19H29N5O2. The van der Waals surface area contributed by atoms with Crippen molar-refractivity contribution in [3.05, 3.63) is 42.2 Å². The van der Waals surface area contributed by atoms with E-state index in [0.717, 1.165) is 36.1 Å². The fourth-order valence-corrected chi connectivity index (χ4v) is 2.56. The Balaban J connectivity index is 1.98. The number of guanidine groups is 1. The molecule has 26 heavy (non-hydrogen) atoms. The molecule has 1 aromatic carbocycles. The van der Waals surface area contributed by atoms with Crippen LogP contribution in [0.15, 0.2) is 41.7 Å². The molecule has 142 valence electrons. The van der Waals surface area contributed by atoms with Crippen LogP contribution in [-0.2, 0) is 13.6 Å². The van der Waals surface area contributed by atoms with E-state index >= 15 is 0 Å². The molecule has 0 aliphatic heterocycles. The zero-order chi connectivity index (χ0) is 18.9. The minimum atomic E-state index is -0.0771. The van der Waals surface area contributed by atoms with Gasteiger partial charge in [0.2, 0.25) is 0 Å². The summed E-state index contributed by atoms with van der Waals surface area (Å²) >= 11 is 0. The van der Waals surface area contributed by atoms with Gasteiger partial charge >= 0.3 is 0 Å². The van der Waals surface area contributed by atoms with Crippen molar-refractivity contribution in [2.75, 3.05) is 27.2 Å². The van der Waals surface area contributed by atoms with Crippen molar-refractivity contribution in [1.82, 2.24) is 20.0 Å². The number of para-hydroxylation sites is 2. The quantitative estimate of drug-likeness (QED) is 0.579. The van der Waals surface area contributed by atoms with E-state index in [1.807, 2.05) is 57.7 Å². The summed E-state index contributed by atoms with van der Waals surface area (Å²) in [4.78, 5) is 6.79. The smallest absolute Gasteiger partial charge is 0.194 e. The number of hydrogen-bond donors (Lipinski definition) is 1. The topological polar surface area (TPSA) is 63.9 Å². The Labute approximate surface area is 155 Å². The molecule has 1 unspecified atom stereocenters. The zero-order valence-corrected chi connectivity index (χ0v) is 16.3. The lowest BCUT2D eigenvalue weighted by atomic mass is 10.3. The Morgan fingerprint density at radius 1 is 1.35 bits per heavy atom. The molecule has 0 aliphatic carbocycles. The highest BCUT2D eigenvalue weighted by molar-refractivity contribution is 5.79. The number of hydrogen-bond acceptors (Lipinski definition) is 4. The molecule has 0 aliphatic rings. The Kier molecular flexibility index (Phi) is 7.32. The van der Waals surface area contributed by atoms with E-state index in [4.69, 9.17) is 14.5 Å². The lowest BCUT2D eigenvalue weighted by molar-refractivity contribution is 0.219. The molecule has 2 aromatic rings. The summed E-state index contributed by atoms with van der Waals surface area (Å²) in [6.45, 7) is 6.14. The summed E-state index contributed by atoms with van der Waals surface area (Å²) in [6, 6.07) is 7.64. The normalized spacial score (nSPS) is 12.6. The first-order valence-corrected chi connectivity index (χ1v) is 8.80. The van der Waals surface area contributed by atoms with Crippen molar-refractivity contribution in [1.29, 1.82) is 0 Å². The average molecular weight is 359 g/mol. The van der Waals surface area contributed by atoms with Crippen LogP contribution in [0.5, 0.6) is 11.5 Å². The van der Waals surface area contributed by atoms with Crippen LogP contribution >= 0.6 is 0 Å². The first-order chi connectivity index (χ1) is 12.5. The van der Waals surface area contributed by atoms with Crippen molar-refractivity contribution < 1.29 is 9.47 Å². The summed E-state index contributed by atoms with van der Waals surface area (Å²) in [6.07, 6.45) is 3.80. The van der Waals surface area contributed by atoms with Crippen LogP contribution in [0, 0.1) is 0 Å². The number of rotatable bonds is 8. The van der Waals surface area contributed by atoms with Crippen LogP contribution in [-0.4, -0.2) is 54.0 Å². The van der Waals surface area contributed by atoms with E-state index in [1.165, 1.54) is 0 Å². The molecule has 0 spiro atoms. The highest BCUT2D eigenvalue weighted by Gasteiger charge is 2.11. The molecule has 7 heteroatoms. The van der Waals surface area contributed by atoms with Crippen LogP contribution in [0.3, 0.4) is 0 Å². The standard InChI is InChI=1S/C19H29N5O2/c1-6-20-19(23(3)13-16-12-22-24(4)14-16)21-11-15(2)26-18-10-8-7-9-17(18)25-5/h7-10,12,14-15H,6,11,13H2,1-5H3,(H,20,21). The lowest BCUT2D eigenvalue weighted by Crippen LogP contribution is -2.39. The van der Waals surface area contributed by atoms with Gasteiger partial charge in [-0.1, -0.05) is 12.1 Å². The summed E-state index contributed by atoms with van der Waals surface area (Å²) in [5.74, 6) is 2.29. The molecule has 1 atom stereocenters. The molecule has 0 saturated heterocycles. The van der Waals surface area contributed by atoms with Gasteiger partial charge < -0.3 is 19.7 Å². The fourth-order valence-electron chi connectivity index (χ4n) is 2.56. The molecule has 0 fully saturated rings. The maximum atomic E-state index is 5.97. The third-order valence-electron chi connectivity index (χ3n) is 3.77. The summed E-state index contributed by atoms with van der Waals surface area (Å²) in [7, 11) is 5.57. The average Bonchev–Trinajstić information content (AvgIpc) is 3.03. The monoisotopic (exact) mass is 359 g/mol. The van der Waals surface area contributed by atoms with Crippen molar-refractivity contribution >= 4 is 5.96 Å². The van der Waals surface area contributed by atoms with Crippen molar-refractivity contribution in [3.8, 4) is 11.5 Å². The number of aliphatic imine (C=N–C) groups is 1. The van der Waals surface area contributed by atoms with Crippen molar-refractivity contribution in [2.24, 2.45) is 12.0 Å². The highest BCUT2D eigenvalue weighted by Crippen LogP contribution is 2.26. The summed E-state index contributed by atoms with van der Waals surface area (Å²) in [5, 5.41) is 7.53. The van der Waals surface area contributed by atoms with E-state index in [9.17, 15) is 0 Å². The van der Waals surface area contributed by atoms with E-state index < -0.39 is 0 Å². The number of benzene rings is 1. The fraction of sp³-hybridized carbons (Fsp3) is 0.474. The summed E-state index contributed by atoms with van der Waals surface area (Å²) < 4.78 is 13.1. The number of aromatic nitrogens is 2. The van der Waals surface area contributed by atoms with Gasteiger partial charge in [-0.25, -0.2) is 4.99 Å². The third-order valence-corrected chi connectivity index (χ3v) is 3.77. The number of methoxy groups -OCH3 is 1. The van der Waals surface area contributed by atoms with Gasteiger partial charge in [-0.3, -0.25) is 4.68 Å². The molecule has 1 aromatic heterocycles. The molecule has 1 heterocycles. The van der Waals surface area contributed by atoms with Gasteiger partial charge in [0.15, 0.2) is 17.5 Å². The third kappa shape index (κ3) is 5.68. The first kappa shape index (κ1) is 19.6. The van der Waals surface area contributed by atoms with Gasteiger partial charge in [0.05, 0.1) is 19.9 Å². The largest absolute Gasteiger partial charge is 0.493 e. The minimum Gasteiger partial charge on any atom is -0.493 e. The van der Waals surface area contributed by atoms with Crippen LogP contribution in [0.2, 0.25) is 0 Å². The molecule has 0 saturated carbocycles. The van der Waals surface area contributed by atoms with E-state index in [0.29, 0.717) is 6.54 Å². The number of ether oxygens (including phenoxy) is 2. The van der Waals surface area contributed by atoms with Crippen molar-refractivity contribution in [3.63, 3.8) is 0 Å². The van der Waals surface area contributed by atoms with E-state index in [2.05, 4.69) is 22.2 Å². The lowest BCUT2D eigenvalue weighted by Gasteiger charge is -2.22. The minimum absolute atomic E-state index is 0.0771. The van der Waals surface area contributed by atoms with Gasteiger partial charge in [-0.2, -0.15) is 5.10 Å². The van der Waals surface area contributed by atoms with Crippen LogP contribution in [0.1, 0.15) is 19.4 Å². The molecule has 0 radical (unpaired) electrons. The second-order valence-corrected chi connectivity index (χ2v) is 6.15. The first-order valence-electron chi connectivity index (χ1n) is 8.80. The maximum Gasteiger partial charge on any atom is 0.194 e. The zero-order valence-electron chi connectivity index (χ0n) is 16.3. The second-order valence-electron chi connectivity index (χ2n) is 6.15. The number of nitrogens with one attached hydrogen (secondary N) is 1. The Hall–Kier alpha value is -2.70. The van der Waals surface area contributed by atoms with Gasteiger partial charge in [-0.05, 0) is 26.0 Å². The van der Waals surface area contributed by atoms with E-state index in [-0.39, 0.29) is 6.10 Å². The molecule has 0 amide bonds. The molecule has 1 N–H and O–H groups in total. The van der Waals surface area contributed by atoms with Gasteiger partial charge in [-0.15, -0.1) is 0 Å². The Morgan fingerprint density at radius 3 is 2.69 bits per heavy atom. The second kappa shape index (κ2) is 9.70. The number of aryl methyl sites for hydroxylation is 1. The predicted octanol–water partition coefficient (Wildman–Crippen LogP) is 2.29. The van der Waals surface area contributed by atoms with Crippen molar-refractivity contribution in [2.45, 2.75) is 26.5 Å². The molecule has 2 rings (SSSR count). The Morgan fingerprint density at radius 2 is 2.08 bits per heavy atom. The Bertz CT molecular complexity index is 713. The molecule has 7 nitrogen and oxygen atoms in total. The van der Waals surface area contributed by atoms with Crippen LogP contribution < -0.4 is 14.8 Å². The van der Waals surface area contributed by atoms with Crippen LogP contribution in [0.25, 0.3) is 0 Å². The maximum absolute atomic E-state index is 5.97. The van der Waals surface area contributed by atoms with Gasteiger partial charge in [0.25, 0.3) is 0 Å². The van der Waals surface area contributed by atoms with Gasteiger partial charge in [0.1, 0.15) is 6.10 Å². The molecular weight excluding hydrogens is 330 g/mol.